The van der Waals surface area contributed by atoms with Crippen LogP contribution in [0, 0.1) is 0 Å². The first-order chi connectivity index (χ1) is 14.0. The highest BCUT2D eigenvalue weighted by atomic mass is 35.5. The smallest absolute Gasteiger partial charge is 0.310 e. The van der Waals surface area contributed by atoms with Gasteiger partial charge in [0.1, 0.15) is 0 Å². The minimum Gasteiger partial charge on any atom is -0.455 e. The van der Waals surface area contributed by atoms with Crippen molar-refractivity contribution >= 4 is 35.1 Å². The van der Waals surface area contributed by atoms with Crippen molar-refractivity contribution in [3.05, 3.63) is 106 Å². The van der Waals surface area contributed by atoms with E-state index in [1.165, 1.54) is 0 Å². The van der Waals surface area contributed by atoms with Crippen LogP contribution in [0.1, 0.15) is 22.7 Å². The summed E-state index contributed by atoms with van der Waals surface area (Å²) in [5.74, 6) is -0.903. The molecular formula is C23H19Cl2NO3. The van der Waals surface area contributed by atoms with Crippen molar-refractivity contribution < 1.29 is 14.3 Å². The molecule has 0 saturated carbocycles. The molecule has 0 atom stereocenters. The summed E-state index contributed by atoms with van der Waals surface area (Å²) in [5, 5.41) is 3.71. The van der Waals surface area contributed by atoms with Gasteiger partial charge in [0.2, 0.25) is 0 Å². The van der Waals surface area contributed by atoms with E-state index in [9.17, 15) is 9.59 Å². The minimum atomic E-state index is -0.519. The third-order valence-electron chi connectivity index (χ3n) is 4.27. The molecule has 0 radical (unpaired) electrons. The molecule has 0 heterocycles. The van der Waals surface area contributed by atoms with Gasteiger partial charge in [0, 0.05) is 0 Å². The van der Waals surface area contributed by atoms with Crippen molar-refractivity contribution in [2.45, 2.75) is 12.5 Å². The quantitative estimate of drug-likeness (QED) is 0.540. The van der Waals surface area contributed by atoms with E-state index >= 15 is 0 Å². The van der Waals surface area contributed by atoms with Gasteiger partial charge in [-0.2, -0.15) is 0 Å². The van der Waals surface area contributed by atoms with Crippen LogP contribution < -0.4 is 5.32 Å². The van der Waals surface area contributed by atoms with Crippen LogP contribution in [-0.4, -0.2) is 18.5 Å². The fourth-order valence-corrected chi connectivity index (χ4v) is 3.19. The highest BCUT2D eigenvalue weighted by Crippen LogP contribution is 2.23. The first-order valence-corrected chi connectivity index (χ1v) is 9.77. The van der Waals surface area contributed by atoms with E-state index in [2.05, 4.69) is 5.32 Å². The highest BCUT2D eigenvalue weighted by Gasteiger charge is 2.17. The lowest BCUT2D eigenvalue weighted by Crippen LogP contribution is -2.33. The van der Waals surface area contributed by atoms with E-state index in [1.54, 1.807) is 18.2 Å². The summed E-state index contributed by atoms with van der Waals surface area (Å²) in [6.45, 7) is -0.365. The van der Waals surface area contributed by atoms with E-state index in [1.807, 2.05) is 60.7 Å². The second kappa shape index (κ2) is 10.1. The predicted octanol–water partition coefficient (Wildman–Crippen LogP) is 4.98. The van der Waals surface area contributed by atoms with E-state index in [-0.39, 0.29) is 25.0 Å². The number of carbonyl (C=O) groups excluding carboxylic acids is 2. The molecule has 0 aliphatic carbocycles. The van der Waals surface area contributed by atoms with E-state index in [4.69, 9.17) is 27.9 Å². The summed E-state index contributed by atoms with van der Waals surface area (Å²) in [6.07, 6.45) is 0.00493. The van der Waals surface area contributed by atoms with Crippen LogP contribution in [0.3, 0.4) is 0 Å². The van der Waals surface area contributed by atoms with Crippen LogP contribution in [-0.2, 0) is 20.7 Å². The monoisotopic (exact) mass is 427 g/mol. The number of benzene rings is 3. The van der Waals surface area contributed by atoms with Crippen LogP contribution >= 0.6 is 23.2 Å². The Labute approximate surface area is 179 Å². The molecule has 0 bridgehead atoms. The Balaban J connectivity index is 1.60. The topological polar surface area (TPSA) is 55.4 Å². The number of esters is 1. The number of halogens is 2. The van der Waals surface area contributed by atoms with Crippen LogP contribution in [0.4, 0.5) is 0 Å². The SMILES string of the molecule is O=C(COC(=O)Cc1ccc(Cl)c(Cl)c1)NC(c1ccccc1)c1ccccc1. The van der Waals surface area contributed by atoms with Gasteiger partial charge in [0.05, 0.1) is 22.5 Å². The fourth-order valence-electron chi connectivity index (χ4n) is 2.87. The number of ether oxygens (including phenoxy) is 1. The molecule has 0 unspecified atom stereocenters. The van der Waals surface area contributed by atoms with Crippen molar-refractivity contribution in [1.29, 1.82) is 0 Å². The van der Waals surface area contributed by atoms with Crippen molar-refractivity contribution in [3.63, 3.8) is 0 Å². The van der Waals surface area contributed by atoms with Gasteiger partial charge in [-0.05, 0) is 28.8 Å². The van der Waals surface area contributed by atoms with Crippen LogP contribution in [0.15, 0.2) is 78.9 Å². The lowest BCUT2D eigenvalue weighted by molar-refractivity contribution is -0.148. The molecule has 3 aromatic carbocycles. The molecular weight excluding hydrogens is 409 g/mol. The number of hydrogen-bond acceptors (Lipinski definition) is 3. The molecule has 4 nitrogen and oxygen atoms in total. The molecule has 0 spiro atoms. The summed E-state index contributed by atoms with van der Waals surface area (Å²) < 4.78 is 5.12. The summed E-state index contributed by atoms with van der Waals surface area (Å²) in [5.41, 5.74) is 2.54. The Hall–Kier alpha value is -2.82. The molecule has 1 amide bonds. The second-order valence-corrected chi connectivity index (χ2v) is 7.22. The van der Waals surface area contributed by atoms with Gasteiger partial charge < -0.3 is 10.1 Å². The lowest BCUT2D eigenvalue weighted by atomic mass is 9.99. The predicted molar refractivity (Wildman–Crippen MR) is 114 cm³/mol. The van der Waals surface area contributed by atoms with Crippen LogP contribution in [0.2, 0.25) is 10.0 Å². The molecule has 3 rings (SSSR count). The number of carbonyl (C=O) groups is 2. The van der Waals surface area contributed by atoms with E-state index < -0.39 is 5.97 Å². The Bertz CT molecular complexity index is 938. The second-order valence-electron chi connectivity index (χ2n) is 6.41. The third-order valence-corrected chi connectivity index (χ3v) is 5.01. The first-order valence-electron chi connectivity index (χ1n) is 9.02. The van der Waals surface area contributed by atoms with Gasteiger partial charge >= 0.3 is 5.97 Å². The molecule has 0 saturated heterocycles. The summed E-state index contributed by atoms with van der Waals surface area (Å²) in [6, 6.07) is 23.8. The fraction of sp³-hybridized carbons (Fsp3) is 0.130. The number of amides is 1. The first kappa shape index (κ1) is 20.9. The summed E-state index contributed by atoms with van der Waals surface area (Å²) >= 11 is 11.8. The van der Waals surface area contributed by atoms with Crippen LogP contribution in [0.25, 0.3) is 0 Å². The zero-order valence-electron chi connectivity index (χ0n) is 15.5. The maximum Gasteiger partial charge on any atom is 0.310 e. The van der Waals surface area contributed by atoms with Crippen molar-refractivity contribution in [2.24, 2.45) is 0 Å². The molecule has 3 aromatic rings. The number of rotatable bonds is 7. The summed E-state index contributed by atoms with van der Waals surface area (Å²) in [4.78, 5) is 24.5. The molecule has 0 aromatic heterocycles. The maximum atomic E-state index is 12.4. The van der Waals surface area contributed by atoms with Crippen LogP contribution in [0.5, 0.6) is 0 Å². The zero-order chi connectivity index (χ0) is 20.6. The Kier molecular flexibility index (Phi) is 7.28. The lowest BCUT2D eigenvalue weighted by Gasteiger charge is -2.20. The van der Waals surface area contributed by atoms with Crippen molar-refractivity contribution in [2.75, 3.05) is 6.61 Å². The largest absolute Gasteiger partial charge is 0.455 e. The molecule has 0 fully saturated rings. The van der Waals surface area contributed by atoms with Gasteiger partial charge in [-0.15, -0.1) is 0 Å². The zero-order valence-corrected chi connectivity index (χ0v) is 17.0. The van der Waals surface area contributed by atoms with E-state index in [0.717, 1.165) is 11.1 Å². The van der Waals surface area contributed by atoms with Gasteiger partial charge in [-0.25, -0.2) is 0 Å². The molecule has 1 N–H and O–H groups in total. The Morgan fingerprint density at radius 1 is 0.828 bits per heavy atom. The summed E-state index contributed by atoms with van der Waals surface area (Å²) in [7, 11) is 0. The normalized spacial score (nSPS) is 10.6. The van der Waals surface area contributed by atoms with Crippen molar-refractivity contribution in [3.8, 4) is 0 Å². The number of hydrogen-bond donors (Lipinski definition) is 1. The van der Waals surface area contributed by atoms with Gasteiger partial charge in [-0.3, -0.25) is 9.59 Å². The average Bonchev–Trinajstić information content (AvgIpc) is 2.74. The Morgan fingerprint density at radius 2 is 1.41 bits per heavy atom. The third kappa shape index (κ3) is 6.08. The van der Waals surface area contributed by atoms with Crippen molar-refractivity contribution in [1.82, 2.24) is 5.32 Å². The molecule has 29 heavy (non-hydrogen) atoms. The van der Waals surface area contributed by atoms with Gasteiger partial charge in [-0.1, -0.05) is 89.9 Å². The van der Waals surface area contributed by atoms with E-state index in [0.29, 0.717) is 15.6 Å². The molecule has 0 aliphatic rings. The van der Waals surface area contributed by atoms with Gasteiger partial charge in [0.25, 0.3) is 5.91 Å². The average molecular weight is 428 g/mol. The minimum absolute atomic E-state index is 0.00493. The highest BCUT2D eigenvalue weighted by molar-refractivity contribution is 6.42. The molecule has 0 aliphatic heterocycles. The standard InChI is InChI=1S/C23H19Cl2NO3/c24-19-12-11-16(13-20(19)25)14-22(28)29-15-21(27)26-23(17-7-3-1-4-8-17)18-9-5-2-6-10-18/h1-13,23H,14-15H2,(H,26,27). The number of nitrogens with one attached hydrogen (secondary N) is 1. The Morgan fingerprint density at radius 3 is 1.97 bits per heavy atom. The van der Waals surface area contributed by atoms with Gasteiger partial charge in [0.15, 0.2) is 6.61 Å². The molecule has 6 heteroatoms. The molecule has 148 valence electrons. The maximum absolute atomic E-state index is 12.4.